The second-order valence-electron chi connectivity index (χ2n) is 9.02. The van der Waals surface area contributed by atoms with Gasteiger partial charge in [0, 0.05) is 22.3 Å². The summed E-state index contributed by atoms with van der Waals surface area (Å²) in [5, 5.41) is 3.56. The fraction of sp³-hybridized carbons (Fsp3) is 0.375. The molecule has 1 spiro atoms. The third-order valence-electron chi connectivity index (χ3n) is 7.72. The van der Waals surface area contributed by atoms with Crippen LogP contribution in [-0.4, -0.2) is 35.2 Å². The number of carbonyl (C=O) groups excluding carboxylic acids is 3. The predicted octanol–water partition coefficient (Wildman–Crippen LogP) is 3.39. The van der Waals surface area contributed by atoms with E-state index in [1.807, 2.05) is 32.0 Å². The van der Waals surface area contributed by atoms with Crippen molar-refractivity contribution in [2.24, 2.45) is 11.8 Å². The molecule has 3 fully saturated rings. The third-order valence-corrected chi connectivity index (χ3v) is 8.13. The second kappa shape index (κ2) is 6.17. The van der Waals surface area contributed by atoms with E-state index in [2.05, 4.69) is 10.2 Å². The number of rotatable bonds is 1. The Labute approximate surface area is 185 Å². The molecule has 6 rings (SSSR count). The van der Waals surface area contributed by atoms with Crippen molar-refractivity contribution in [1.82, 2.24) is 4.90 Å². The average Bonchev–Trinajstić information content (AvgIpc) is 3.44. The van der Waals surface area contributed by atoms with E-state index in [1.54, 1.807) is 18.2 Å². The minimum Gasteiger partial charge on any atom is -0.324 e. The molecule has 31 heavy (non-hydrogen) atoms. The van der Waals surface area contributed by atoms with E-state index in [9.17, 15) is 14.4 Å². The molecule has 2 aromatic rings. The number of para-hydroxylation sites is 1. The number of aryl methyl sites for hydroxylation is 1. The summed E-state index contributed by atoms with van der Waals surface area (Å²) in [4.78, 5) is 44.8. The largest absolute Gasteiger partial charge is 0.324 e. The van der Waals surface area contributed by atoms with Crippen LogP contribution in [-0.2, 0) is 19.9 Å². The normalized spacial score (nSPS) is 31.4. The number of imide groups is 1. The van der Waals surface area contributed by atoms with Crippen molar-refractivity contribution in [2.45, 2.75) is 38.3 Å². The van der Waals surface area contributed by atoms with Crippen LogP contribution in [0.15, 0.2) is 36.4 Å². The Morgan fingerprint density at radius 2 is 1.84 bits per heavy atom. The number of amides is 3. The number of hydrogen-bond acceptors (Lipinski definition) is 4. The summed E-state index contributed by atoms with van der Waals surface area (Å²) in [5.74, 6) is -2.00. The fourth-order valence-corrected chi connectivity index (χ4v) is 6.62. The van der Waals surface area contributed by atoms with E-state index in [4.69, 9.17) is 11.6 Å². The van der Waals surface area contributed by atoms with Crippen molar-refractivity contribution in [3.8, 4) is 0 Å². The van der Waals surface area contributed by atoms with Crippen molar-refractivity contribution in [2.75, 3.05) is 16.8 Å². The van der Waals surface area contributed by atoms with Crippen LogP contribution in [0.4, 0.5) is 11.4 Å². The molecule has 4 atom stereocenters. The molecule has 4 heterocycles. The van der Waals surface area contributed by atoms with Gasteiger partial charge in [-0.05, 0) is 56.5 Å². The zero-order valence-electron chi connectivity index (χ0n) is 17.3. The van der Waals surface area contributed by atoms with Gasteiger partial charge in [0.25, 0.3) is 0 Å². The Bertz CT molecular complexity index is 1190. The molecule has 0 bridgehead atoms. The van der Waals surface area contributed by atoms with E-state index in [-0.39, 0.29) is 23.8 Å². The van der Waals surface area contributed by atoms with Crippen molar-refractivity contribution in [3.05, 3.63) is 58.1 Å². The highest BCUT2D eigenvalue weighted by Crippen LogP contribution is 2.61. The Morgan fingerprint density at radius 1 is 1.06 bits per heavy atom. The molecule has 0 radical (unpaired) electrons. The summed E-state index contributed by atoms with van der Waals surface area (Å²) >= 11 is 6.30. The molecule has 2 aromatic carbocycles. The van der Waals surface area contributed by atoms with Crippen molar-refractivity contribution in [1.29, 1.82) is 0 Å². The lowest BCUT2D eigenvalue weighted by Gasteiger charge is -2.36. The van der Waals surface area contributed by atoms with Crippen LogP contribution >= 0.6 is 11.6 Å². The fourth-order valence-electron chi connectivity index (χ4n) is 6.45. The molecule has 1 N–H and O–H groups in total. The molecule has 0 aliphatic carbocycles. The van der Waals surface area contributed by atoms with Gasteiger partial charge in [-0.2, -0.15) is 0 Å². The molecular weight excluding hydrogens is 414 g/mol. The maximum absolute atomic E-state index is 13.9. The van der Waals surface area contributed by atoms with E-state index in [0.29, 0.717) is 22.8 Å². The monoisotopic (exact) mass is 435 g/mol. The van der Waals surface area contributed by atoms with Gasteiger partial charge in [-0.25, -0.2) is 4.90 Å². The number of fused-ring (bicyclic) bond motifs is 7. The Kier molecular flexibility index (Phi) is 3.79. The zero-order valence-corrected chi connectivity index (χ0v) is 18.1. The zero-order chi connectivity index (χ0) is 21.7. The van der Waals surface area contributed by atoms with Crippen LogP contribution in [0.1, 0.15) is 29.5 Å². The number of benzene rings is 2. The first kappa shape index (κ1) is 19.0. The Balaban J connectivity index is 1.58. The smallest absolute Gasteiger partial charge is 0.250 e. The molecule has 0 unspecified atom stereocenters. The highest BCUT2D eigenvalue weighted by Gasteiger charge is 2.74. The molecular formula is C24H22ClN3O3. The van der Waals surface area contributed by atoms with Crippen molar-refractivity contribution in [3.63, 3.8) is 0 Å². The van der Waals surface area contributed by atoms with Crippen LogP contribution < -0.4 is 10.2 Å². The molecule has 4 aliphatic rings. The highest BCUT2D eigenvalue weighted by atomic mass is 35.5. The van der Waals surface area contributed by atoms with Crippen LogP contribution in [0.5, 0.6) is 0 Å². The van der Waals surface area contributed by atoms with Crippen LogP contribution in [0, 0.1) is 25.7 Å². The van der Waals surface area contributed by atoms with Crippen LogP contribution in [0.25, 0.3) is 0 Å². The summed E-state index contributed by atoms with van der Waals surface area (Å²) in [7, 11) is 0. The van der Waals surface area contributed by atoms with Crippen molar-refractivity contribution < 1.29 is 14.4 Å². The van der Waals surface area contributed by atoms with E-state index >= 15 is 0 Å². The second-order valence-corrected chi connectivity index (χ2v) is 9.43. The molecule has 0 aromatic heterocycles. The van der Waals surface area contributed by atoms with Crippen LogP contribution in [0.2, 0.25) is 5.02 Å². The van der Waals surface area contributed by atoms with Gasteiger partial charge in [-0.15, -0.1) is 0 Å². The highest BCUT2D eigenvalue weighted by molar-refractivity contribution is 6.32. The lowest BCUT2D eigenvalue weighted by Crippen LogP contribution is -2.54. The van der Waals surface area contributed by atoms with Gasteiger partial charge in [0.15, 0.2) is 0 Å². The minimum absolute atomic E-state index is 0.122. The van der Waals surface area contributed by atoms with E-state index in [0.717, 1.165) is 29.7 Å². The molecule has 3 amide bonds. The Morgan fingerprint density at radius 3 is 2.65 bits per heavy atom. The van der Waals surface area contributed by atoms with Gasteiger partial charge in [-0.1, -0.05) is 35.9 Å². The average molecular weight is 436 g/mol. The molecule has 7 heteroatoms. The number of halogens is 1. The van der Waals surface area contributed by atoms with Gasteiger partial charge in [0.2, 0.25) is 17.7 Å². The lowest BCUT2D eigenvalue weighted by atomic mass is 9.75. The van der Waals surface area contributed by atoms with Gasteiger partial charge < -0.3 is 5.32 Å². The first-order chi connectivity index (χ1) is 14.9. The van der Waals surface area contributed by atoms with E-state index in [1.165, 1.54) is 4.90 Å². The lowest BCUT2D eigenvalue weighted by molar-refractivity contribution is -0.135. The number of carbonyl (C=O) groups is 3. The summed E-state index contributed by atoms with van der Waals surface area (Å²) in [6, 6.07) is 10.9. The molecule has 6 nitrogen and oxygen atoms in total. The van der Waals surface area contributed by atoms with Gasteiger partial charge in [0.1, 0.15) is 5.54 Å². The van der Waals surface area contributed by atoms with Crippen LogP contribution in [0.3, 0.4) is 0 Å². The minimum atomic E-state index is -1.14. The first-order valence-electron chi connectivity index (χ1n) is 10.7. The molecule has 158 valence electrons. The first-order valence-corrected chi connectivity index (χ1v) is 11.1. The summed E-state index contributed by atoms with van der Waals surface area (Å²) in [6.07, 6.45) is 1.71. The van der Waals surface area contributed by atoms with Crippen molar-refractivity contribution >= 4 is 40.7 Å². The number of hydrogen-bond donors (Lipinski definition) is 1. The number of anilines is 2. The maximum Gasteiger partial charge on any atom is 0.250 e. The summed E-state index contributed by atoms with van der Waals surface area (Å²) in [5.41, 5.74) is 2.62. The standard InChI is InChI=1S/C24H22ClN3O3/c1-12-6-3-7-14-20(12)26-23(31)24(14)19-18(17-10-5-11-27(17)24)21(29)28(22(19)30)16-9-4-8-15(25)13(16)2/h3-4,6-9,17-19H,5,10-11H2,1-2H3,(H,26,31)/t17-,18-,19+,24-/m1/s1. The topological polar surface area (TPSA) is 69.7 Å². The number of nitrogens with zero attached hydrogens (tertiary/aromatic N) is 2. The molecule has 0 saturated carbocycles. The predicted molar refractivity (Wildman–Crippen MR) is 117 cm³/mol. The quantitative estimate of drug-likeness (QED) is 0.697. The number of nitrogens with one attached hydrogen (secondary N) is 1. The third kappa shape index (κ3) is 2.10. The van der Waals surface area contributed by atoms with E-state index < -0.39 is 17.4 Å². The Hall–Kier alpha value is -2.70. The molecule has 3 saturated heterocycles. The maximum atomic E-state index is 13.9. The molecule has 4 aliphatic heterocycles. The van der Waals surface area contributed by atoms with Gasteiger partial charge in [0.05, 0.1) is 17.5 Å². The summed E-state index contributed by atoms with van der Waals surface area (Å²) in [6.45, 7) is 4.47. The van der Waals surface area contributed by atoms with Gasteiger partial charge in [-0.3, -0.25) is 19.3 Å². The SMILES string of the molecule is Cc1cccc2c1NC(=O)[C@]21[C@@H]2C(=O)N(c3cccc(Cl)c3C)C(=O)[C@@H]2[C@H]2CCCN21. The van der Waals surface area contributed by atoms with Gasteiger partial charge >= 0.3 is 0 Å². The summed E-state index contributed by atoms with van der Waals surface area (Å²) < 4.78 is 0.